The van der Waals surface area contributed by atoms with E-state index in [0.29, 0.717) is 11.4 Å². The van der Waals surface area contributed by atoms with E-state index >= 15 is 0 Å². The van der Waals surface area contributed by atoms with E-state index in [1.165, 1.54) is 0 Å². The van der Waals surface area contributed by atoms with Crippen molar-refractivity contribution in [2.75, 3.05) is 10.9 Å². The maximum Gasteiger partial charge on any atom is 0.206 e. The Morgan fingerprint density at radius 1 is 0.515 bits per heavy atom. The largest absolute Gasteiger partial charge is 0.279 e. The van der Waals surface area contributed by atoms with Crippen molar-refractivity contribution < 1.29 is 8.42 Å². The van der Waals surface area contributed by atoms with Crippen LogP contribution < -0.4 is 10.9 Å². The SMILES string of the molecule is O=S(=O)(c1ccc(NN=Cc2ccccc2)cc1)c1ccc(N/N=C/c2ccccc2)cc1. The van der Waals surface area contributed by atoms with Crippen LogP contribution in [0.2, 0.25) is 0 Å². The standard InChI is InChI=1S/C26H22N4O2S/c31-33(32,25-15-11-23(12-16-25)29-27-19-21-7-3-1-4-8-21)26-17-13-24(14-18-26)30-28-20-22-9-5-2-6-10-22/h1-20,29-30H/b27-19+,28-20?. The molecule has 0 heterocycles. The van der Waals surface area contributed by atoms with E-state index in [0.717, 1.165) is 11.1 Å². The fourth-order valence-corrected chi connectivity index (χ4v) is 4.26. The van der Waals surface area contributed by atoms with Gasteiger partial charge in [0.2, 0.25) is 9.84 Å². The van der Waals surface area contributed by atoms with Crippen LogP contribution in [-0.4, -0.2) is 20.8 Å². The van der Waals surface area contributed by atoms with Crippen molar-refractivity contribution in [3.05, 3.63) is 120 Å². The molecule has 164 valence electrons. The number of anilines is 2. The highest BCUT2D eigenvalue weighted by Crippen LogP contribution is 2.23. The average molecular weight is 455 g/mol. The third-order valence-electron chi connectivity index (χ3n) is 4.74. The van der Waals surface area contributed by atoms with E-state index in [4.69, 9.17) is 0 Å². The molecule has 0 unspecified atom stereocenters. The van der Waals surface area contributed by atoms with Crippen LogP contribution in [0.3, 0.4) is 0 Å². The second-order valence-corrected chi connectivity index (χ2v) is 9.06. The molecule has 6 nitrogen and oxygen atoms in total. The molecular weight excluding hydrogens is 432 g/mol. The zero-order chi connectivity index (χ0) is 22.9. The number of hydrogen-bond acceptors (Lipinski definition) is 6. The van der Waals surface area contributed by atoms with Gasteiger partial charge in [0.25, 0.3) is 0 Å². The molecule has 0 fully saturated rings. The first kappa shape index (κ1) is 22.0. The molecule has 0 aliphatic rings. The van der Waals surface area contributed by atoms with E-state index < -0.39 is 9.84 Å². The van der Waals surface area contributed by atoms with E-state index in [1.54, 1.807) is 61.0 Å². The van der Waals surface area contributed by atoms with Gasteiger partial charge in [0, 0.05) is 0 Å². The van der Waals surface area contributed by atoms with Crippen molar-refractivity contribution in [2.45, 2.75) is 9.79 Å². The van der Waals surface area contributed by atoms with Crippen molar-refractivity contribution >= 4 is 33.6 Å². The third kappa shape index (κ3) is 5.93. The molecule has 0 spiro atoms. The van der Waals surface area contributed by atoms with Crippen molar-refractivity contribution in [2.24, 2.45) is 10.2 Å². The maximum absolute atomic E-state index is 13.0. The molecule has 0 aliphatic carbocycles. The number of rotatable bonds is 8. The van der Waals surface area contributed by atoms with Gasteiger partial charge >= 0.3 is 0 Å². The van der Waals surface area contributed by atoms with Gasteiger partial charge in [-0.2, -0.15) is 10.2 Å². The van der Waals surface area contributed by atoms with Crippen molar-refractivity contribution in [1.29, 1.82) is 0 Å². The van der Waals surface area contributed by atoms with Gasteiger partial charge in [0.05, 0.1) is 33.6 Å². The van der Waals surface area contributed by atoms with E-state index in [-0.39, 0.29) is 9.79 Å². The van der Waals surface area contributed by atoms with Crippen LogP contribution in [0.25, 0.3) is 0 Å². The lowest BCUT2D eigenvalue weighted by atomic mass is 10.2. The van der Waals surface area contributed by atoms with Crippen molar-refractivity contribution in [3.8, 4) is 0 Å². The molecule has 7 heteroatoms. The Morgan fingerprint density at radius 3 is 1.24 bits per heavy atom. The molecule has 4 aromatic carbocycles. The van der Waals surface area contributed by atoms with E-state index in [9.17, 15) is 8.42 Å². The highest BCUT2D eigenvalue weighted by molar-refractivity contribution is 7.91. The Kier molecular flexibility index (Phi) is 6.92. The Labute approximate surface area is 193 Å². The van der Waals surface area contributed by atoms with Crippen LogP contribution in [-0.2, 0) is 9.84 Å². The van der Waals surface area contributed by atoms with Crippen LogP contribution in [0.1, 0.15) is 11.1 Å². The Morgan fingerprint density at radius 2 is 0.879 bits per heavy atom. The monoisotopic (exact) mass is 454 g/mol. The van der Waals surface area contributed by atoms with Crippen LogP contribution in [0.4, 0.5) is 11.4 Å². The lowest BCUT2D eigenvalue weighted by Gasteiger charge is -2.07. The zero-order valence-electron chi connectivity index (χ0n) is 17.7. The van der Waals surface area contributed by atoms with E-state index in [2.05, 4.69) is 21.1 Å². The molecule has 0 saturated carbocycles. The quantitative estimate of drug-likeness (QED) is 0.275. The molecule has 4 aromatic rings. The molecule has 0 bridgehead atoms. The first-order valence-corrected chi connectivity index (χ1v) is 11.7. The number of hydrogen-bond donors (Lipinski definition) is 2. The molecular formula is C26H22N4O2S. The molecule has 33 heavy (non-hydrogen) atoms. The molecule has 0 radical (unpaired) electrons. The summed E-state index contributed by atoms with van der Waals surface area (Å²) < 4.78 is 25.9. The number of sulfone groups is 1. The number of nitrogens with zero attached hydrogens (tertiary/aromatic N) is 2. The minimum atomic E-state index is -3.63. The summed E-state index contributed by atoms with van der Waals surface area (Å²) in [7, 11) is -3.63. The topological polar surface area (TPSA) is 82.9 Å². The lowest BCUT2D eigenvalue weighted by molar-refractivity contribution is 0.596. The van der Waals surface area contributed by atoms with Crippen LogP contribution in [0, 0.1) is 0 Å². The molecule has 0 atom stereocenters. The van der Waals surface area contributed by atoms with Crippen LogP contribution in [0.5, 0.6) is 0 Å². The van der Waals surface area contributed by atoms with Gasteiger partial charge in [0.15, 0.2) is 0 Å². The maximum atomic E-state index is 13.0. The smallest absolute Gasteiger partial charge is 0.206 e. The minimum absolute atomic E-state index is 0.211. The van der Waals surface area contributed by atoms with Gasteiger partial charge in [-0.05, 0) is 59.7 Å². The molecule has 0 aliphatic heterocycles. The summed E-state index contributed by atoms with van der Waals surface area (Å²) in [6, 6.07) is 32.4. The lowest BCUT2D eigenvalue weighted by Crippen LogP contribution is -2.02. The van der Waals surface area contributed by atoms with Gasteiger partial charge in [0.1, 0.15) is 0 Å². The summed E-state index contributed by atoms with van der Waals surface area (Å²) in [5.41, 5.74) is 9.12. The summed E-state index contributed by atoms with van der Waals surface area (Å²) in [6.45, 7) is 0. The van der Waals surface area contributed by atoms with E-state index in [1.807, 2.05) is 60.7 Å². The Bertz CT molecular complexity index is 1230. The zero-order valence-corrected chi connectivity index (χ0v) is 18.5. The van der Waals surface area contributed by atoms with Gasteiger partial charge < -0.3 is 0 Å². The highest BCUT2D eigenvalue weighted by atomic mass is 32.2. The first-order valence-electron chi connectivity index (χ1n) is 10.2. The van der Waals surface area contributed by atoms with Gasteiger partial charge in [-0.1, -0.05) is 60.7 Å². The molecule has 2 N–H and O–H groups in total. The molecule has 0 saturated heterocycles. The summed E-state index contributed by atoms with van der Waals surface area (Å²) in [5, 5.41) is 8.34. The first-order chi connectivity index (χ1) is 16.1. The second kappa shape index (κ2) is 10.4. The number of nitrogens with one attached hydrogen (secondary N) is 2. The fourth-order valence-electron chi connectivity index (χ4n) is 2.99. The van der Waals surface area contributed by atoms with Crippen molar-refractivity contribution in [3.63, 3.8) is 0 Å². The minimum Gasteiger partial charge on any atom is -0.279 e. The van der Waals surface area contributed by atoms with Gasteiger partial charge in [-0.15, -0.1) is 0 Å². The summed E-state index contributed by atoms with van der Waals surface area (Å²) in [5.74, 6) is 0. The Balaban J connectivity index is 1.39. The normalized spacial score (nSPS) is 11.6. The predicted octanol–water partition coefficient (Wildman–Crippen LogP) is 5.41. The van der Waals surface area contributed by atoms with Gasteiger partial charge in [-0.3, -0.25) is 10.9 Å². The number of benzene rings is 4. The fraction of sp³-hybridized carbons (Fsp3) is 0. The summed E-state index contributed by atoms with van der Waals surface area (Å²) in [6.07, 6.45) is 3.40. The Hall–Kier alpha value is -4.23. The predicted molar refractivity (Wildman–Crippen MR) is 134 cm³/mol. The molecule has 0 aromatic heterocycles. The number of hydrazone groups is 2. The van der Waals surface area contributed by atoms with Gasteiger partial charge in [-0.25, -0.2) is 8.42 Å². The third-order valence-corrected chi connectivity index (χ3v) is 6.53. The highest BCUT2D eigenvalue weighted by Gasteiger charge is 2.17. The van der Waals surface area contributed by atoms with Crippen LogP contribution >= 0.6 is 0 Å². The van der Waals surface area contributed by atoms with Crippen molar-refractivity contribution in [1.82, 2.24) is 0 Å². The average Bonchev–Trinajstić information content (AvgIpc) is 2.86. The molecule has 4 rings (SSSR count). The molecule has 0 amide bonds. The van der Waals surface area contributed by atoms with Crippen LogP contribution in [0.15, 0.2) is 129 Å². The summed E-state index contributed by atoms with van der Waals surface area (Å²) in [4.78, 5) is 0.422. The second-order valence-electron chi connectivity index (χ2n) is 7.11. The summed E-state index contributed by atoms with van der Waals surface area (Å²) >= 11 is 0.